The van der Waals surface area contributed by atoms with Crippen LogP contribution in [-0.4, -0.2) is 41.1 Å². The van der Waals surface area contributed by atoms with Crippen LogP contribution >= 0.6 is 23.2 Å². The highest BCUT2D eigenvalue weighted by atomic mass is 35.5. The van der Waals surface area contributed by atoms with Crippen molar-refractivity contribution < 1.29 is 13.2 Å². The summed E-state index contributed by atoms with van der Waals surface area (Å²) in [5.41, 5.74) is 4.93. The number of fused-ring (bicyclic) bond motifs is 1. The normalized spacial score (nSPS) is 13.6. The topological polar surface area (TPSA) is 86.4 Å². The lowest BCUT2D eigenvalue weighted by Crippen LogP contribution is -2.52. The Hall–Kier alpha value is -4.41. The van der Waals surface area contributed by atoms with Gasteiger partial charge in [0.2, 0.25) is 0 Å². The van der Waals surface area contributed by atoms with Gasteiger partial charge in [-0.1, -0.05) is 77.3 Å². The van der Waals surface area contributed by atoms with E-state index in [4.69, 9.17) is 27.9 Å². The molecule has 0 atom stereocenters. The van der Waals surface area contributed by atoms with Gasteiger partial charge in [0.25, 0.3) is 15.6 Å². The Labute approximate surface area is 282 Å². The monoisotopic (exact) mass is 684 g/mol. The number of hydrogen-bond acceptors (Lipinski definition) is 6. The molecule has 7 rings (SSSR count). The summed E-state index contributed by atoms with van der Waals surface area (Å²) in [6.07, 6.45) is 5.01. The summed E-state index contributed by atoms with van der Waals surface area (Å²) in [4.78, 5) is 20.3. The highest BCUT2D eigenvalue weighted by molar-refractivity contribution is 7.90. The van der Waals surface area contributed by atoms with Crippen LogP contribution < -0.4 is 10.5 Å². The zero-order chi connectivity index (χ0) is 32.7. The van der Waals surface area contributed by atoms with Gasteiger partial charge in [-0.3, -0.25) is 4.79 Å². The second-order valence-corrected chi connectivity index (χ2v) is 14.3. The van der Waals surface area contributed by atoms with Crippen molar-refractivity contribution >= 4 is 49.9 Å². The Morgan fingerprint density at radius 2 is 1.66 bits per heavy atom. The first-order valence-corrected chi connectivity index (χ1v) is 17.2. The van der Waals surface area contributed by atoms with Crippen molar-refractivity contribution in [3.63, 3.8) is 0 Å². The maximum atomic E-state index is 13.9. The molecule has 8 nitrogen and oxygen atoms in total. The minimum absolute atomic E-state index is 0.0694. The Balaban J connectivity index is 1.23. The molecule has 0 spiro atoms. The first-order chi connectivity index (χ1) is 22.7. The molecule has 1 aliphatic heterocycles. The van der Waals surface area contributed by atoms with Gasteiger partial charge in [-0.25, -0.2) is 17.4 Å². The first kappa shape index (κ1) is 31.2. The number of benzene rings is 3. The van der Waals surface area contributed by atoms with Crippen molar-refractivity contribution in [3.8, 4) is 11.1 Å². The summed E-state index contributed by atoms with van der Waals surface area (Å²) < 4.78 is 36.7. The highest BCUT2D eigenvalue weighted by Gasteiger charge is 2.30. The van der Waals surface area contributed by atoms with Crippen LogP contribution in [0.25, 0.3) is 22.2 Å². The number of nitrogens with zero attached hydrogens (tertiary/aromatic N) is 4. The Morgan fingerprint density at radius 3 is 2.38 bits per heavy atom. The van der Waals surface area contributed by atoms with Crippen molar-refractivity contribution in [2.45, 2.75) is 31.1 Å². The number of aryl methyl sites for hydroxylation is 1. The van der Waals surface area contributed by atoms with E-state index in [1.54, 1.807) is 65.6 Å². The van der Waals surface area contributed by atoms with E-state index in [1.807, 2.05) is 49.4 Å². The second kappa shape index (κ2) is 12.7. The van der Waals surface area contributed by atoms with Crippen LogP contribution in [0.3, 0.4) is 0 Å². The molecular formula is C36H30Cl2N4O4S. The smallest absolute Gasteiger partial charge is 0.269 e. The number of pyridine rings is 2. The molecule has 0 saturated carbocycles. The van der Waals surface area contributed by atoms with Gasteiger partial charge < -0.3 is 14.2 Å². The van der Waals surface area contributed by atoms with E-state index < -0.39 is 10.0 Å². The van der Waals surface area contributed by atoms with E-state index in [-0.39, 0.29) is 22.2 Å². The van der Waals surface area contributed by atoms with Gasteiger partial charge in [0, 0.05) is 42.5 Å². The summed E-state index contributed by atoms with van der Waals surface area (Å²) >= 11 is 12.2. The number of hydrogen-bond donors (Lipinski definition) is 0. The lowest BCUT2D eigenvalue weighted by Gasteiger charge is -2.40. The first-order valence-electron chi connectivity index (χ1n) is 15.0. The predicted molar refractivity (Wildman–Crippen MR) is 186 cm³/mol. The Kier molecular flexibility index (Phi) is 8.40. The molecule has 0 aliphatic carbocycles. The molecule has 238 valence electrons. The molecule has 3 aromatic heterocycles. The number of anilines is 1. The highest BCUT2D eigenvalue weighted by Crippen LogP contribution is 2.35. The molecule has 0 N–H and O–H groups in total. The van der Waals surface area contributed by atoms with E-state index in [2.05, 4.69) is 9.88 Å². The van der Waals surface area contributed by atoms with Crippen LogP contribution in [0.4, 0.5) is 5.69 Å². The summed E-state index contributed by atoms with van der Waals surface area (Å²) in [5, 5.41) is 1.47. The standard InChI is InChI=1S/C36H30Cl2N4O4S/c1-24-7-10-30(11-8-24)47(44,45)42-22-32(27-13-14-40(35(43)16-27)19-26-9-12-33(37)34(38)15-26)31-17-28(18-39-36(31)42)41-20-29(21-41)46-23-25-5-3-2-4-6-25/h2-18,22,29H,19-21,23H2,1H3. The number of aromatic nitrogens is 3. The van der Waals surface area contributed by atoms with Gasteiger partial charge in [0.05, 0.1) is 46.1 Å². The van der Waals surface area contributed by atoms with Gasteiger partial charge in [0.15, 0.2) is 5.65 Å². The lowest BCUT2D eigenvalue weighted by molar-refractivity contribution is 0.0224. The van der Waals surface area contributed by atoms with Crippen molar-refractivity contribution in [3.05, 3.63) is 147 Å². The quantitative estimate of drug-likeness (QED) is 0.161. The van der Waals surface area contributed by atoms with Crippen LogP contribution in [0, 0.1) is 6.92 Å². The molecule has 11 heteroatoms. The second-order valence-electron chi connectivity index (χ2n) is 11.7. The van der Waals surface area contributed by atoms with Crippen LogP contribution in [0.1, 0.15) is 16.7 Å². The molecule has 6 aromatic rings. The van der Waals surface area contributed by atoms with Gasteiger partial charge in [0.1, 0.15) is 0 Å². The molecule has 47 heavy (non-hydrogen) atoms. The van der Waals surface area contributed by atoms with Gasteiger partial charge in [-0.15, -0.1) is 0 Å². The van der Waals surface area contributed by atoms with E-state index in [1.165, 1.54) is 10.0 Å². The zero-order valence-corrected chi connectivity index (χ0v) is 27.7. The summed E-state index contributed by atoms with van der Waals surface area (Å²) in [7, 11) is -3.99. The van der Waals surface area contributed by atoms with Crippen molar-refractivity contribution in [2.75, 3.05) is 18.0 Å². The average molecular weight is 686 g/mol. The molecule has 1 aliphatic rings. The predicted octanol–water partition coefficient (Wildman–Crippen LogP) is 7.17. The fourth-order valence-corrected chi connectivity index (χ4v) is 7.31. The van der Waals surface area contributed by atoms with Crippen molar-refractivity contribution in [1.82, 2.24) is 13.5 Å². The van der Waals surface area contributed by atoms with Gasteiger partial charge in [-0.05, 0) is 60.0 Å². The molecule has 3 aromatic carbocycles. The van der Waals surface area contributed by atoms with Crippen LogP contribution in [-0.2, 0) is 27.9 Å². The SMILES string of the molecule is Cc1ccc(S(=O)(=O)n2cc(-c3ccn(Cc4ccc(Cl)c(Cl)c4)c(=O)c3)c3cc(N4CC(OCc5ccccc5)C4)cnc32)cc1. The number of rotatable bonds is 9. The molecule has 1 saturated heterocycles. The zero-order valence-electron chi connectivity index (χ0n) is 25.4. The summed E-state index contributed by atoms with van der Waals surface area (Å²) in [6.45, 7) is 4.11. The maximum absolute atomic E-state index is 13.9. The Morgan fingerprint density at radius 1 is 0.894 bits per heavy atom. The lowest BCUT2D eigenvalue weighted by atomic mass is 10.1. The third-order valence-electron chi connectivity index (χ3n) is 8.36. The summed E-state index contributed by atoms with van der Waals surface area (Å²) in [5.74, 6) is 0. The minimum Gasteiger partial charge on any atom is -0.370 e. The van der Waals surface area contributed by atoms with Crippen molar-refractivity contribution in [1.29, 1.82) is 0 Å². The van der Waals surface area contributed by atoms with E-state index in [9.17, 15) is 13.2 Å². The third-order valence-corrected chi connectivity index (χ3v) is 10.8. The molecule has 1 fully saturated rings. The maximum Gasteiger partial charge on any atom is 0.269 e. The molecular weight excluding hydrogens is 655 g/mol. The fourth-order valence-electron chi connectivity index (χ4n) is 5.66. The summed E-state index contributed by atoms with van der Waals surface area (Å²) in [6, 6.07) is 27.2. The van der Waals surface area contributed by atoms with E-state index >= 15 is 0 Å². The van der Waals surface area contributed by atoms with E-state index in [0.717, 1.165) is 22.4 Å². The largest absolute Gasteiger partial charge is 0.370 e. The third kappa shape index (κ3) is 6.32. The molecule has 0 bridgehead atoms. The molecule has 4 heterocycles. The molecule has 0 unspecified atom stereocenters. The molecule has 0 radical (unpaired) electrons. The number of ether oxygens (including phenoxy) is 1. The van der Waals surface area contributed by atoms with Crippen LogP contribution in [0.5, 0.6) is 0 Å². The van der Waals surface area contributed by atoms with Crippen LogP contribution in [0.2, 0.25) is 10.0 Å². The van der Waals surface area contributed by atoms with Crippen LogP contribution in [0.15, 0.2) is 119 Å². The van der Waals surface area contributed by atoms with Gasteiger partial charge >= 0.3 is 0 Å². The molecule has 0 amide bonds. The minimum atomic E-state index is -3.99. The van der Waals surface area contributed by atoms with E-state index in [0.29, 0.717) is 52.8 Å². The van der Waals surface area contributed by atoms with Gasteiger partial charge in [-0.2, -0.15) is 0 Å². The van der Waals surface area contributed by atoms with Crippen molar-refractivity contribution in [2.24, 2.45) is 0 Å². The fraction of sp³-hybridized carbons (Fsp3) is 0.167. The Bertz CT molecular complexity index is 2260. The average Bonchev–Trinajstić information content (AvgIpc) is 3.44. The number of halogens is 2.